The van der Waals surface area contributed by atoms with Gasteiger partial charge in [0, 0.05) is 22.3 Å². The van der Waals surface area contributed by atoms with Crippen LogP contribution in [0.4, 0.5) is 0 Å². The zero-order valence-electron chi connectivity index (χ0n) is 58.8. The Balaban J connectivity index is 0.000000599. The summed E-state index contributed by atoms with van der Waals surface area (Å²) in [6, 6.07) is 18.1. The number of hydrogen-bond donors (Lipinski definition) is 0. The molecule has 0 amide bonds. The van der Waals surface area contributed by atoms with E-state index in [2.05, 4.69) is 112 Å². The van der Waals surface area contributed by atoms with Gasteiger partial charge in [0.15, 0.2) is 0 Å². The van der Waals surface area contributed by atoms with E-state index >= 15 is 0 Å². The van der Waals surface area contributed by atoms with Crippen LogP contribution in [-0.2, 0) is 27.3 Å². The molecule has 2 aromatic rings. The predicted molar refractivity (Wildman–Crippen MR) is 386 cm³/mol. The second-order valence-corrected chi connectivity index (χ2v) is 27.5. The molecule has 0 aromatic heterocycles. The van der Waals surface area contributed by atoms with Gasteiger partial charge >= 0.3 is 164 Å². The number of hydrogen-bond acceptors (Lipinski definition) is 0. The van der Waals surface area contributed by atoms with Gasteiger partial charge in [-0.2, -0.15) is 0 Å². The molecule has 0 radical (unpaired) electrons. The zero-order valence-corrected chi connectivity index (χ0v) is 59.8. The van der Waals surface area contributed by atoms with E-state index < -0.39 is 0 Å². The maximum absolute atomic E-state index is 11.9. The molecule has 0 fully saturated rings. The van der Waals surface area contributed by atoms with Gasteiger partial charge in [-0.3, -0.25) is 0 Å². The molecule has 87 heavy (non-hydrogen) atoms. The Bertz CT molecular complexity index is 1990. The summed E-state index contributed by atoms with van der Waals surface area (Å²) >= 11 is 1.33. The molecular formula is C84H142N2Ni. The number of benzene rings is 2. The Morgan fingerprint density at radius 1 is 0.264 bits per heavy atom. The molecule has 0 atom stereocenters. The van der Waals surface area contributed by atoms with Crippen LogP contribution in [0.1, 0.15) is 423 Å². The molecule has 3 rings (SSSR count). The number of aryl methyl sites for hydroxylation is 2. The van der Waals surface area contributed by atoms with Crippen molar-refractivity contribution in [2.75, 3.05) is 0 Å². The van der Waals surface area contributed by atoms with E-state index in [1.54, 1.807) is 4.70 Å². The molecule has 3 heteroatoms. The number of rotatable bonds is 58. The summed E-state index contributed by atoms with van der Waals surface area (Å²) in [5.41, 5.74) is 21.8. The summed E-state index contributed by atoms with van der Waals surface area (Å²) in [7, 11) is 0. The normalized spacial score (nSPS) is 12.2. The van der Waals surface area contributed by atoms with E-state index in [4.69, 9.17) is 0 Å². The monoisotopic (exact) mass is 1240 g/mol. The SMILES string of the molecule is CCCCCCCCC1=C(c2ccc(CCCC)cc2)[N+](=[N-])C(c2ccc(CCCC)cc2)=C1CCCCCC.CCCCCCCCCCCCCCCCCCCCCC#[C][Ni][C]#CCCCCCCCCCCCCCCCCCCCCC. The molecule has 1 aliphatic heterocycles. The Kier molecular flexibility index (Phi) is 57.1. The van der Waals surface area contributed by atoms with E-state index in [0.717, 1.165) is 61.0 Å². The van der Waals surface area contributed by atoms with Gasteiger partial charge < -0.3 is 5.53 Å². The van der Waals surface area contributed by atoms with E-state index in [-0.39, 0.29) is 0 Å². The molecule has 0 aliphatic carbocycles. The third-order valence-electron chi connectivity index (χ3n) is 18.5. The molecule has 498 valence electrons. The smallest absolute Gasteiger partial charge is 0.0654 e. The van der Waals surface area contributed by atoms with Gasteiger partial charge in [0.1, 0.15) is 0 Å². The Hall–Kier alpha value is -2.87. The fraction of sp³-hybridized carbons (Fsp3) is 0.762. The van der Waals surface area contributed by atoms with Gasteiger partial charge in [0.2, 0.25) is 11.4 Å². The van der Waals surface area contributed by atoms with E-state index in [0.29, 0.717) is 0 Å². The topological polar surface area (TPSA) is 25.3 Å². The van der Waals surface area contributed by atoms with Crippen molar-refractivity contribution in [3.05, 3.63) is 87.5 Å². The minimum atomic E-state index is 1.02. The Morgan fingerprint density at radius 3 is 0.736 bits per heavy atom. The molecule has 2 nitrogen and oxygen atoms in total. The average Bonchev–Trinajstić information content (AvgIpc) is 1.82. The van der Waals surface area contributed by atoms with Crippen molar-refractivity contribution in [2.45, 2.75) is 414 Å². The second kappa shape index (κ2) is 62.0. The predicted octanol–water partition coefficient (Wildman–Crippen LogP) is 28.9. The summed E-state index contributed by atoms with van der Waals surface area (Å²) in [6.45, 7) is 13.7. The Labute approximate surface area is 550 Å². The van der Waals surface area contributed by atoms with Crippen molar-refractivity contribution < 1.29 is 19.1 Å². The van der Waals surface area contributed by atoms with Crippen LogP contribution in [0.25, 0.3) is 16.9 Å². The summed E-state index contributed by atoms with van der Waals surface area (Å²) in [4.78, 5) is 6.44. The van der Waals surface area contributed by atoms with Crippen molar-refractivity contribution in [3.8, 4) is 21.6 Å². The van der Waals surface area contributed by atoms with Crippen molar-refractivity contribution in [2.24, 2.45) is 0 Å². The molecule has 1 heterocycles. The molecule has 0 spiro atoms. The van der Waals surface area contributed by atoms with E-state index in [1.807, 2.05) is 0 Å². The van der Waals surface area contributed by atoms with Crippen molar-refractivity contribution in [1.29, 1.82) is 0 Å². The van der Waals surface area contributed by atoms with Crippen LogP contribution in [0.2, 0.25) is 0 Å². The number of allylic oxidation sites excluding steroid dienone is 2. The maximum atomic E-state index is 11.9. The third-order valence-corrected chi connectivity index (χ3v) is 19.1. The standard InChI is InChI=1S/C38H56N2.2C23H43.Ni/c1-5-9-13-15-16-18-22-36-35(21-17-14-10-6-2)37(33-27-23-31(24-28-33)19-11-7-3)40(39)38(36)34-29-25-32(26-30-34)20-12-8-4;2*1-3-5-7-9-11-13-15-17-19-21-23-22-20-18-16-14-12-10-8-6-4-2;/h23-30H,5-22H2,1-4H3;2*3,5-23H2,1H3;. The van der Waals surface area contributed by atoms with Gasteiger partial charge in [-0.15, -0.1) is 0 Å². The van der Waals surface area contributed by atoms with Gasteiger partial charge in [-0.05, 0) is 86.8 Å². The average molecular weight is 1240 g/mol. The number of unbranched alkanes of at least 4 members (excludes halogenated alkanes) is 48. The first kappa shape index (κ1) is 80.2. The summed E-state index contributed by atoms with van der Waals surface area (Å²) < 4.78 is 1.56. The molecule has 1 aliphatic rings. The van der Waals surface area contributed by atoms with Crippen molar-refractivity contribution >= 4 is 11.4 Å². The van der Waals surface area contributed by atoms with Gasteiger partial charge in [-0.25, -0.2) is 4.70 Å². The van der Waals surface area contributed by atoms with E-state index in [1.165, 1.54) is 371 Å². The first-order chi connectivity index (χ1) is 43.1. The molecule has 0 saturated heterocycles. The first-order valence-electron chi connectivity index (χ1n) is 38.7. The van der Waals surface area contributed by atoms with E-state index in [9.17, 15) is 5.53 Å². The summed E-state index contributed by atoms with van der Waals surface area (Å²) in [5.74, 6) is 6.65. The minimum absolute atomic E-state index is 1.02. The molecule has 2 aromatic carbocycles. The van der Waals surface area contributed by atoms with Crippen LogP contribution < -0.4 is 0 Å². The van der Waals surface area contributed by atoms with Crippen molar-refractivity contribution in [1.82, 2.24) is 0 Å². The first-order valence-corrected chi connectivity index (χ1v) is 39.7. The minimum Gasteiger partial charge on any atom is -0.0654 e. The summed E-state index contributed by atoms with van der Waals surface area (Å²) in [6.07, 6.45) is 78.6. The van der Waals surface area contributed by atoms with Crippen LogP contribution in [0.15, 0.2) is 59.7 Å². The molecule has 0 N–H and O–H groups in total. The van der Waals surface area contributed by atoms with Crippen LogP contribution >= 0.6 is 0 Å². The van der Waals surface area contributed by atoms with Gasteiger partial charge in [0.05, 0.1) is 0 Å². The molecule has 0 unspecified atom stereocenters. The second-order valence-electron chi connectivity index (χ2n) is 26.7. The molecule has 0 saturated carbocycles. The third kappa shape index (κ3) is 44.3. The fourth-order valence-electron chi connectivity index (χ4n) is 12.8. The van der Waals surface area contributed by atoms with Crippen LogP contribution in [0.3, 0.4) is 0 Å². The van der Waals surface area contributed by atoms with Gasteiger partial charge in [-0.1, -0.05) is 258 Å². The zero-order chi connectivity index (χ0) is 62.4. The molecular weight excluding hydrogens is 1100 g/mol. The van der Waals surface area contributed by atoms with Crippen LogP contribution in [0, 0.1) is 21.6 Å². The molecule has 0 bridgehead atoms. The fourth-order valence-corrected chi connectivity index (χ4v) is 13.2. The van der Waals surface area contributed by atoms with Crippen LogP contribution in [0.5, 0.6) is 0 Å². The summed E-state index contributed by atoms with van der Waals surface area (Å²) in [5, 5.41) is 0. The quantitative estimate of drug-likeness (QED) is 0.0273. The van der Waals surface area contributed by atoms with Gasteiger partial charge in [0.25, 0.3) is 0 Å². The number of nitrogens with zero attached hydrogens (tertiary/aromatic N) is 2. The van der Waals surface area contributed by atoms with Crippen molar-refractivity contribution in [3.63, 3.8) is 0 Å². The Morgan fingerprint density at radius 2 is 0.483 bits per heavy atom. The van der Waals surface area contributed by atoms with Crippen LogP contribution in [-0.4, -0.2) is 4.70 Å².